The van der Waals surface area contributed by atoms with Gasteiger partial charge in [0.05, 0.1) is 19.3 Å². The third-order valence-corrected chi connectivity index (χ3v) is 5.21. The summed E-state index contributed by atoms with van der Waals surface area (Å²) >= 11 is 0. The summed E-state index contributed by atoms with van der Waals surface area (Å²) in [6.07, 6.45) is 0.436. The Morgan fingerprint density at radius 1 is 1.08 bits per heavy atom. The van der Waals surface area contributed by atoms with Gasteiger partial charge in [0.25, 0.3) is 5.56 Å². The number of aromatic amines is 1. The van der Waals surface area contributed by atoms with Crippen LogP contribution in [0.25, 0.3) is 0 Å². The lowest BCUT2D eigenvalue weighted by Gasteiger charge is -2.56. The molecule has 8 nitrogen and oxygen atoms in total. The van der Waals surface area contributed by atoms with Crippen molar-refractivity contribution < 1.29 is 18.9 Å². The Morgan fingerprint density at radius 3 is 2.69 bits per heavy atom. The summed E-state index contributed by atoms with van der Waals surface area (Å²) in [5.74, 6) is 0. The van der Waals surface area contributed by atoms with E-state index in [1.165, 1.54) is 16.8 Å². The standard InChI is InChI=1S/C18H18N2O6/c21-14-6-7-20(17(22)19-14)15-12-8-13-18(26-15,9-23-12)10-24-16(25-13)11-4-2-1-3-5-11/h1-7,12-13,15-16H,8-10H2,(H,19,21,22)/t12-,13+,15-,16-,18-/m1/s1. The summed E-state index contributed by atoms with van der Waals surface area (Å²) in [6.45, 7) is 0.650. The zero-order chi connectivity index (χ0) is 17.7. The summed E-state index contributed by atoms with van der Waals surface area (Å²) in [7, 11) is 0. The van der Waals surface area contributed by atoms with Crippen LogP contribution in [-0.4, -0.2) is 40.6 Å². The first-order chi connectivity index (χ1) is 12.6. The van der Waals surface area contributed by atoms with Crippen molar-refractivity contribution >= 4 is 0 Å². The largest absolute Gasteiger partial charge is 0.370 e. The van der Waals surface area contributed by atoms with Gasteiger partial charge >= 0.3 is 5.69 Å². The maximum atomic E-state index is 12.1. The second kappa shape index (κ2) is 5.88. The molecule has 2 aromatic rings. The Morgan fingerprint density at radius 2 is 1.88 bits per heavy atom. The number of hydrogen-bond donors (Lipinski definition) is 1. The van der Waals surface area contributed by atoms with Crippen molar-refractivity contribution in [3.8, 4) is 0 Å². The Labute approximate surface area is 148 Å². The predicted molar refractivity (Wildman–Crippen MR) is 88.5 cm³/mol. The molecule has 136 valence electrons. The maximum Gasteiger partial charge on any atom is 0.330 e. The number of H-pyrrole nitrogens is 1. The number of rotatable bonds is 2. The number of fused-ring (bicyclic) bond motifs is 2. The second-order valence-electron chi connectivity index (χ2n) is 6.85. The van der Waals surface area contributed by atoms with Crippen LogP contribution in [0, 0.1) is 0 Å². The Balaban J connectivity index is 1.41. The summed E-state index contributed by atoms with van der Waals surface area (Å²) in [5, 5.41) is 0. The number of nitrogens with zero attached hydrogens (tertiary/aromatic N) is 1. The molecule has 4 fully saturated rings. The normalized spacial score (nSPS) is 35.8. The van der Waals surface area contributed by atoms with Gasteiger partial charge in [0.2, 0.25) is 0 Å². The van der Waals surface area contributed by atoms with E-state index in [1.54, 1.807) is 0 Å². The molecular weight excluding hydrogens is 340 g/mol. The number of aromatic nitrogens is 2. The van der Waals surface area contributed by atoms with Crippen LogP contribution in [0.5, 0.6) is 0 Å². The quantitative estimate of drug-likeness (QED) is 0.850. The van der Waals surface area contributed by atoms with Crippen molar-refractivity contribution in [1.29, 1.82) is 0 Å². The van der Waals surface area contributed by atoms with Crippen molar-refractivity contribution in [2.24, 2.45) is 0 Å². The molecule has 2 bridgehead atoms. The highest BCUT2D eigenvalue weighted by molar-refractivity contribution is 5.17. The lowest BCUT2D eigenvalue weighted by atomic mass is 9.85. The molecule has 4 aliphatic rings. The van der Waals surface area contributed by atoms with Gasteiger partial charge in [-0.05, 0) is 0 Å². The van der Waals surface area contributed by atoms with Crippen LogP contribution < -0.4 is 11.2 Å². The average molecular weight is 358 g/mol. The van der Waals surface area contributed by atoms with Gasteiger partial charge in [-0.2, -0.15) is 0 Å². The van der Waals surface area contributed by atoms with E-state index in [9.17, 15) is 9.59 Å². The van der Waals surface area contributed by atoms with Gasteiger partial charge in [-0.3, -0.25) is 14.3 Å². The number of nitrogens with one attached hydrogen (secondary N) is 1. The molecular formula is C18H18N2O6. The first-order valence-electron chi connectivity index (χ1n) is 8.58. The molecule has 1 aromatic heterocycles. The number of ether oxygens (including phenoxy) is 4. The van der Waals surface area contributed by atoms with Crippen LogP contribution in [0.2, 0.25) is 0 Å². The topological polar surface area (TPSA) is 91.8 Å². The molecule has 5 heterocycles. The molecule has 1 aromatic carbocycles. The third-order valence-electron chi connectivity index (χ3n) is 5.21. The predicted octanol–water partition coefficient (Wildman–Crippen LogP) is 0.707. The lowest BCUT2D eigenvalue weighted by molar-refractivity contribution is -0.398. The van der Waals surface area contributed by atoms with Gasteiger partial charge in [0, 0.05) is 24.2 Å². The minimum Gasteiger partial charge on any atom is -0.370 e. The summed E-state index contributed by atoms with van der Waals surface area (Å²) < 4.78 is 25.6. The molecule has 0 amide bonds. The molecule has 0 aliphatic carbocycles. The van der Waals surface area contributed by atoms with E-state index >= 15 is 0 Å². The molecule has 1 N–H and O–H groups in total. The average Bonchev–Trinajstić information content (AvgIpc) is 2.67. The Hall–Kier alpha value is -2.26. The summed E-state index contributed by atoms with van der Waals surface area (Å²) in [6, 6.07) is 11.0. The molecule has 4 aliphatic heterocycles. The molecule has 0 saturated carbocycles. The minimum absolute atomic E-state index is 0.185. The molecule has 26 heavy (non-hydrogen) atoms. The highest BCUT2D eigenvalue weighted by Crippen LogP contribution is 2.47. The van der Waals surface area contributed by atoms with Gasteiger partial charge in [0.15, 0.2) is 12.5 Å². The fourth-order valence-corrected chi connectivity index (χ4v) is 3.86. The van der Waals surface area contributed by atoms with Crippen LogP contribution in [0.15, 0.2) is 52.2 Å². The SMILES string of the molecule is O=c1ccn([C@@H]2O[C@]34CO[C@@H](c5ccccc5)O[C@H]3C[C@H]2OC4)c(=O)[nH]1. The van der Waals surface area contributed by atoms with Crippen LogP contribution in [0.1, 0.15) is 24.5 Å². The van der Waals surface area contributed by atoms with Gasteiger partial charge in [-0.1, -0.05) is 30.3 Å². The van der Waals surface area contributed by atoms with Crippen molar-refractivity contribution in [1.82, 2.24) is 9.55 Å². The smallest absolute Gasteiger partial charge is 0.330 e. The summed E-state index contributed by atoms with van der Waals surface area (Å²) in [5.41, 5.74) is -0.774. The van der Waals surface area contributed by atoms with E-state index in [0.29, 0.717) is 19.6 Å². The van der Waals surface area contributed by atoms with Gasteiger partial charge < -0.3 is 18.9 Å². The third kappa shape index (κ3) is 2.45. The first-order valence-corrected chi connectivity index (χ1v) is 8.58. The van der Waals surface area contributed by atoms with E-state index in [-0.39, 0.29) is 12.2 Å². The van der Waals surface area contributed by atoms with Gasteiger partial charge in [-0.15, -0.1) is 0 Å². The number of hydrogen-bond acceptors (Lipinski definition) is 6. The summed E-state index contributed by atoms with van der Waals surface area (Å²) in [4.78, 5) is 25.7. The molecule has 8 heteroatoms. The van der Waals surface area contributed by atoms with E-state index < -0.39 is 29.4 Å². The Bertz CT molecular complexity index is 925. The van der Waals surface area contributed by atoms with E-state index in [4.69, 9.17) is 18.9 Å². The molecule has 1 spiro atoms. The van der Waals surface area contributed by atoms with Crippen LogP contribution in [-0.2, 0) is 18.9 Å². The second-order valence-corrected chi connectivity index (χ2v) is 6.85. The van der Waals surface area contributed by atoms with Crippen molar-refractivity contribution in [2.45, 2.75) is 36.7 Å². The number of benzene rings is 1. The van der Waals surface area contributed by atoms with E-state index in [0.717, 1.165) is 5.56 Å². The fraction of sp³-hybridized carbons (Fsp3) is 0.444. The first kappa shape index (κ1) is 16.0. The van der Waals surface area contributed by atoms with Crippen molar-refractivity contribution in [3.63, 3.8) is 0 Å². The minimum atomic E-state index is -0.764. The molecule has 0 radical (unpaired) electrons. The molecule has 6 rings (SSSR count). The maximum absolute atomic E-state index is 12.1. The van der Waals surface area contributed by atoms with Crippen LogP contribution in [0.3, 0.4) is 0 Å². The monoisotopic (exact) mass is 358 g/mol. The Kier molecular flexibility index (Phi) is 3.61. The van der Waals surface area contributed by atoms with E-state index in [2.05, 4.69) is 4.98 Å². The molecule has 0 unspecified atom stereocenters. The van der Waals surface area contributed by atoms with Gasteiger partial charge in [0.1, 0.15) is 11.7 Å². The highest BCUT2D eigenvalue weighted by Gasteiger charge is 2.59. The lowest BCUT2D eigenvalue weighted by Crippen LogP contribution is -2.68. The fourth-order valence-electron chi connectivity index (χ4n) is 3.86. The zero-order valence-electron chi connectivity index (χ0n) is 13.9. The highest BCUT2D eigenvalue weighted by atomic mass is 16.7. The van der Waals surface area contributed by atoms with Crippen molar-refractivity contribution in [3.05, 3.63) is 69.0 Å². The molecule has 4 saturated heterocycles. The van der Waals surface area contributed by atoms with Crippen molar-refractivity contribution in [2.75, 3.05) is 13.2 Å². The van der Waals surface area contributed by atoms with E-state index in [1.807, 2.05) is 30.3 Å². The van der Waals surface area contributed by atoms with Crippen LogP contribution >= 0.6 is 0 Å². The zero-order valence-corrected chi connectivity index (χ0v) is 13.9. The molecule has 5 atom stereocenters. The van der Waals surface area contributed by atoms with Crippen LogP contribution in [0.4, 0.5) is 0 Å². The van der Waals surface area contributed by atoms with Gasteiger partial charge in [-0.25, -0.2) is 4.79 Å².